The van der Waals surface area contributed by atoms with Crippen molar-refractivity contribution in [3.63, 3.8) is 0 Å². The fraction of sp³-hybridized carbons (Fsp3) is 0.375. The first-order chi connectivity index (χ1) is 8.12. The second-order valence-corrected chi connectivity index (χ2v) is 5.47. The van der Waals surface area contributed by atoms with E-state index in [2.05, 4.69) is 9.98 Å². The van der Waals surface area contributed by atoms with Gasteiger partial charge in [-0.25, -0.2) is 9.98 Å². The molecule has 0 aromatic rings. The maximum absolute atomic E-state index is 10.9. The fourth-order valence-corrected chi connectivity index (χ4v) is 1.67. The van der Waals surface area contributed by atoms with Crippen molar-refractivity contribution in [3.8, 4) is 0 Å². The minimum absolute atomic E-state index is 0.346. The molecule has 18 heavy (non-hydrogen) atoms. The minimum Gasteiger partial charge on any atom is -0.280 e. The van der Waals surface area contributed by atoms with Crippen LogP contribution in [0.5, 0.6) is 0 Å². The second-order valence-electron chi connectivity index (χ2n) is 2.79. The summed E-state index contributed by atoms with van der Waals surface area (Å²) in [6.45, 7) is 2.98. The summed E-state index contributed by atoms with van der Waals surface area (Å²) < 4.78 is 61.1. The second kappa shape index (κ2) is 6.57. The third-order valence-corrected chi connectivity index (χ3v) is 2.73. The predicted molar refractivity (Wildman–Crippen MR) is 66.6 cm³/mol. The minimum atomic E-state index is -4.77. The Hall–Kier alpha value is -1.32. The van der Waals surface area contributed by atoms with Crippen molar-refractivity contribution in [3.05, 3.63) is 15.8 Å². The number of nitrogens with zero attached hydrogens (tertiary/aromatic N) is 2. The highest BCUT2D eigenvalue weighted by Gasteiger charge is 2.17. The molecule has 0 heterocycles. The lowest BCUT2D eigenvalue weighted by Gasteiger charge is -1.95. The van der Waals surface area contributed by atoms with E-state index in [1.807, 2.05) is 0 Å². The number of rotatable bonds is 5. The number of aliphatic imine (C=N–C) groups is 2. The molecule has 0 aromatic carbocycles. The van der Waals surface area contributed by atoms with Gasteiger partial charge in [-0.05, 0) is 19.1 Å². The molecule has 0 rings (SSSR count). The van der Waals surface area contributed by atoms with Crippen molar-refractivity contribution < 1.29 is 25.9 Å². The third kappa shape index (κ3) is 5.84. The standard InChI is InChI=1S/C8H12N2O6S2/c1-3-5-10-8(18(14,15)16)6-7(9-4-2)17(11,12)13/h4-5H,3H2,1-2H3,(H,11,12,13)(H,14,15,16). The summed E-state index contributed by atoms with van der Waals surface area (Å²) in [4.78, 5) is 6.55. The third-order valence-electron chi connectivity index (χ3n) is 1.34. The Kier molecular flexibility index (Phi) is 6.09. The SMILES string of the molecule is CC=NC(=C=C(N=CCC)S(=O)(=O)O)S(=O)(=O)O. The molecule has 0 bridgehead atoms. The summed E-state index contributed by atoms with van der Waals surface area (Å²) in [5, 5.41) is -2.12. The van der Waals surface area contributed by atoms with Gasteiger partial charge in [-0.3, -0.25) is 9.11 Å². The molecule has 0 unspecified atom stereocenters. The van der Waals surface area contributed by atoms with Gasteiger partial charge >= 0.3 is 20.2 Å². The molecule has 0 amide bonds. The summed E-state index contributed by atoms with van der Waals surface area (Å²) >= 11 is 0. The normalized spacial score (nSPS) is 12.9. The molecular formula is C8H12N2O6S2. The average Bonchev–Trinajstić information content (AvgIpc) is 2.19. The first-order valence-electron chi connectivity index (χ1n) is 4.60. The molecule has 0 saturated carbocycles. The van der Waals surface area contributed by atoms with Crippen LogP contribution in [0.4, 0.5) is 0 Å². The highest BCUT2D eigenvalue weighted by molar-refractivity contribution is 7.90. The van der Waals surface area contributed by atoms with Gasteiger partial charge in [0, 0.05) is 12.4 Å². The van der Waals surface area contributed by atoms with Crippen LogP contribution >= 0.6 is 0 Å². The molecule has 0 saturated heterocycles. The van der Waals surface area contributed by atoms with Gasteiger partial charge in [0.2, 0.25) is 10.1 Å². The van der Waals surface area contributed by atoms with Gasteiger partial charge in [0.25, 0.3) is 0 Å². The molecule has 0 aliphatic rings. The molecule has 0 radical (unpaired) electrons. The predicted octanol–water partition coefficient (Wildman–Crippen LogP) is 0.615. The molecule has 0 atom stereocenters. The van der Waals surface area contributed by atoms with Crippen LogP contribution in [0.25, 0.3) is 0 Å². The number of hydrogen-bond acceptors (Lipinski definition) is 6. The zero-order valence-electron chi connectivity index (χ0n) is 9.60. The summed E-state index contributed by atoms with van der Waals surface area (Å²) in [6, 6.07) is 0. The molecule has 0 spiro atoms. The summed E-state index contributed by atoms with van der Waals surface area (Å²) in [6.07, 6.45) is 2.47. The van der Waals surface area contributed by atoms with Crippen molar-refractivity contribution >= 4 is 32.7 Å². The van der Waals surface area contributed by atoms with Crippen LogP contribution < -0.4 is 0 Å². The van der Waals surface area contributed by atoms with Crippen LogP contribution in [-0.2, 0) is 20.2 Å². The maximum Gasteiger partial charge on any atom is 0.319 e. The maximum atomic E-state index is 10.9. The van der Waals surface area contributed by atoms with Gasteiger partial charge in [0.1, 0.15) is 0 Å². The molecule has 0 aliphatic heterocycles. The zero-order chi connectivity index (χ0) is 14.4. The Morgan fingerprint density at radius 1 is 1.11 bits per heavy atom. The van der Waals surface area contributed by atoms with Gasteiger partial charge in [0.05, 0.1) is 0 Å². The van der Waals surface area contributed by atoms with Gasteiger partial charge in [0.15, 0.2) is 0 Å². The van der Waals surface area contributed by atoms with Crippen LogP contribution in [0.3, 0.4) is 0 Å². The Balaban J connectivity index is 6.30. The van der Waals surface area contributed by atoms with E-state index in [0.717, 1.165) is 12.4 Å². The zero-order valence-corrected chi connectivity index (χ0v) is 11.2. The van der Waals surface area contributed by atoms with Gasteiger partial charge in [-0.2, -0.15) is 16.8 Å². The fourth-order valence-electron chi connectivity index (χ4n) is 0.710. The summed E-state index contributed by atoms with van der Waals surface area (Å²) in [5.74, 6) is 0. The lowest BCUT2D eigenvalue weighted by atomic mass is 10.5. The lowest BCUT2D eigenvalue weighted by Crippen LogP contribution is -2.02. The van der Waals surface area contributed by atoms with Crippen molar-refractivity contribution in [1.82, 2.24) is 0 Å². The van der Waals surface area contributed by atoms with Gasteiger partial charge in [-0.15, -0.1) is 0 Å². The van der Waals surface area contributed by atoms with Crippen molar-refractivity contribution in [2.45, 2.75) is 20.3 Å². The first-order valence-corrected chi connectivity index (χ1v) is 7.48. The van der Waals surface area contributed by atoms with Crippen LogP contribution in [0, 0.1) is 0 Å². The average molecular weight is 296 g/mol. The van der Waals surface area contributed by atoms with E-state index < -0.39 is 30.3 Å². The van der Waals surface area contributed by atoms with Crippen molar-refractivity contribution in [2.75, 3.05) is 0 Å². The highest BCUT2D eigenvalue weighted by atomic mass is 32.2. The Labute approximate surface area is 105 Å². The molecule has 8 nitrogen and oxygen atoms in total. The quantitative estimate of drug-likeness (QED) is 0.434. The van der Waals surface area contributed by atoms with Crippen molar-refractivity contribution in [1.29, 1.82) is 0 Å². The van der Waals surface area contributed by atoms with Crippen LogP contribution in [0.1, 0.15) is 20.3 Å². The van der Waals surface area contributed by atoms with Gasteiger partial charge in [-0.1, -0.05) is 6.92 Å². The van der Waals surface area contributed by atoms with Crippen LogP contribution in [0.15, 0.2) is 25.8 Å². The van der Waals surface area contributed by atoms with E-state index in [4.69, 9.17) is 9.11 Å². The van der Waals surface area contributed by atoms with Crippen LogP contribution in [-0.4, -0.2) is 38.4 Å². The smallest absolute Gasteiger partial charge is 0.280 e. The largest absolute Gasteiger partial charge is 0.319 e. The molecule has 2 N–H and O–H groups in total. The molecule has 0 aliphatic carbocycles. The first kappa shape index (κ1) is 16.7. The topological polar surface area (TPSA) is 133 Å². The van der Waals surface area contributed by atoms with Gasteiger partial charge < -0.3 is 0 Å². The lowest BCUT2D eigenvalue weighted by molar-refractivity contribution is 0.490. The van der Waals surface area contributed by atoms with Crippen molar-refractivity contribution in [2.24, 2.45) is 9.98 Å². The van der Waals surface area contributed by atoms with E-state index in [1.54, 1.807) is 12.7 Å². The monoisotopic (exact) mass is 296 g/mol. The van der Waals surface area contributed by atoms with Crippen LogP contribution in [0.2, 0.25) is 0 Å². The summed E-state index contributed by atoms with van der Waals surface area (Å²) in [5.41, 5.74) is 1.73. The van der Waals surface area contributed by atoms with E-state index in [9.17, 15) is 16.8 Å². The molecule has 10 heteroatoms. The Morgan fingerprint density at radius 2 is 1.56 bits per heavy atom. The Morgan fingerprint density at radius 3 is 1.89 bits per heavy atom. The Bertz CT molecular complexity index is 620. The highest BCUT2D eigenvalue weighted by Crippen LogP contribution is 2.10. The molecule has 0 aromatic heterocycles. The number of hydrogen-bond donors (Lipinski definition) is 2. The molecular weight excluding hydrogens is 284 g/mol. The van der Waals surface area contributed by atoms with E-state index >= 15 is 0 Å². The molecule has 0 fully saturated rings. The summed E-state index contributed by atoms with van der Waals surface area (Å²) in [7, 11) is -9.54. The van der Waals surface area contributed by atoms with E-state index in [-0.39, 0.29) is 0 Å². The van der Waals surface area contributed by atoms with E-state index in [1.165, 1.54) is 6.92 Å². The van der Waals surface area contributed by atoms with E-state index in [0.29, 0.717) is 6.42 Å². The molecule has 102 valence electrons.